The first-order valence-electron chi connectivity index (χ1n) is 5.22. The number of hydrogen-bond acceptors (Lipinski definition) is 3. The lowest BCUT2D eigenvalue weighted by molar-refractivity contribution is 0.161. The number of aromatic nitrogens is 1. The van der Waals surface area contributed by atoms with Crippen LogP contribution in [0.15, 0.2) is 21.2 Å². The molecule has 0 saturated carbocycles. The van der Waals surface area contributed by atoms with Gasteiger partial charge in [-0.15, -0.1) is 0 Å². The van der Waals surface area contributed by atoms with Crippen molar-refractivity contribution < 1.29 is 5.11 Å². The van der Waals surface area contributed by atoms with Crippen molar-refractivity contribution in [2.45, 2.75) is 26.4 Å². The first-order chi connectivity index (χ1) is 7.49. The highest BCUT2D eigenvalue weighted by Gasteiger charge is 2.08. The van der Waals surface area contributed by atoms with E-state index < -0.39 is 0 Å². The molecule has 0 aliphatic heterocycles. The monoisotopic (exact) mass is 350 g/mol. The molecule has 0 aromatic carbocycles. The maximum absolute atomic E-state index is 9.71. The van der Waals surface area contributed by atoms with Crippen molar-refractivity contribution in [3.63, 3.8) is 0 Å². The third-order valence-electron chi connectivity index (χ3n) is 2.06. The van der Waals surface area contributed by atoms with Gasteiger partial charge in [-0.05, 0) is 50.3 Å². The second-order valence-corrected chi connectivity index (χ2v) is 5.92. The Morgan fingerprint density at radius 2 is 2.12 bits per heavy atom. The molecule has 1 aromatic heterocycles. The molecule has 1 unspecified atom stereocenters. The molecule has 0 aliphatic rings. The van der Waals surface area contributed by atoms with Crippen LogP contribution < -0.4 is 5.32 Å². The van der Waals surface area contributed by atoms with Crippen LogP contribution in [-0.2, 0) is 0 Å². The zero-order chi connectivity index (χ0) is 12.1. The number of aliphatic hydroxyl groups is 1. The number of hydrogen-bond donors (Lipinski definition) is 2. The molecule has 0 bridgehead atoms. The van der Waals surface area contributed by atoms with E-state index in [-0.39, 0.29) is 6.10 Å². The molecule has 0 saturated heterocycles. The Bertz CT molecular complexity index is 345. The number of nitrogens with one attached hydrogen (secondary N) is 1. The van der Waals surface area contributed by atoms with Crippen molar-refractivity contribution in [3.05, 3.63) is 21.2 Å². The zero-order valence-electron chi connectivity index (χ0n) is 9.37. The normalized spacial score (nSPS) is 12.9. The topological polar surface area (TPSA) is 45.1 Å². The zero-order valence-corrected chi connectivity index (χ0v) is 12.5. The number of rotatable bonds is 5. The summed E-state index contributed by atoms with van der Waals surface area (Å²) >= 11 is 6.75. The molecular weight excluding hydrogens is 336 g/mol. The molecule has 1 rings (SSSR count). The van der Waals surface area contributed by atoms with Crippen molar-refractivity contribution >= 4 is 37.7 Å². The van der Waals surface area contributed by atoms with Gasteiger partial charge >= 0.3 is 0 Å². The summed E-state index contributed by atoms with van der Waals surface area (Å²) in [5.74, 6) is 1.25. The number of anilines is 1. The molecule has 0 aliphatic carbocycles. The summed E-state index contributed by atoms with van der Waals surface area (Å²) < 4.78 is 1.81. The summed E-state index contributed by atoms with van der Waals surface area (Å²) in [5.41, 5.74) is 0. The van der Waals surface area contributed by atoms with Crippen molar-refractivity contribution in [2.24, 2.45) is 5.92 Å². The smallest absolute Gasteiger partial charge is 0.140 e. The van der Waals surface area contributed by atoms with Crippen LogP contribution in [0.4, 0.5) is 5.82 Å². The van der Waals surface area contributed by atoms with Crippen molar-refractivity contribution in [1.29, 1.82) is 0 Å². The molecule has 0 fully saturated rings. The lowest BCUT2D eigenvalue weighted by atomic mass is 10.1. The minimum absolute atomic E-state index is 0.336. The largest absolute Gasteiger partial charge is 0.391 e. The van der Waals surface area contributed by atoms with Gasteiger partial charge in [0, 0.05) is 17.2 Å². The minimum atomic E-state index is -0.336. The molecule has 16 heavy (non-hydrogen) atoms. The Morgan fingerprint density at radius 1 is 1.44 bits per heavy atom. The van der Waals surface area contributed by atoms with Crippen LogP contribution in [0.1, 0.15) is 20.3 Å². The van der Waals surface area contributed by atoms with Crippen LogP contribution in [0.3, 0.4) is 0 Å². The van der Waals surface area contributed by atoms with E-state index in [0.29, 0.717) is 12.5 Å². The van der Waals surface area contributed by atoms with Crippen LogP contribution in [0, 0.1) is 5.92 Å². The predicted octanol–water partition coefficient (Wildman–Crippen LogP) is 3.43. The molecule has 1 aromatic rings. The van der Waals surface area contributed by atoms with Crippen LogP contribution in [-0.4, -0.2) is 22.7 Å². The van der Waals surface area contributed by atoms with E-state index in [1.54, 1.807) is 6.20 Å². The highest BCUT2D eigenvalue weighted by atomic mass is 79.9. The van der Waals surface area contributed by atoms with Gasteiger partial charge in [-0.3, -0.25) is 0 Å². The lowest BCUT2D eigenvalue weighted by Gasteiger charge is -2.14. The van der Waals surface area contributed by atoms with Crippen LogP contribution in [0.2, 0.25) is 0 Å². The van der Waals surface area contributed by atoms with E-state index in [1.165, 1.54) is 0 Å². The Balaban J connectivity index is 2.48. The van der Waals surface area contributed by atoms with Crippen LogP contribution >= 0.6 is 31.9 Å². The van der Waals surface area contributed by atoms with Crippen molar-refractivity contribution in [3.8, 4) is 0 Å². The molecular formula is C11H16Br2N2O. The van der Waals surface area contributed by atoms with Gasteiger partial charge in [-0.1, -0.05) is 13.8 Å². The molecule has 0 spiro atoms. The Hall–Kier alpha value is -0.130. The van der Waals surface area contributed by atoms with E-state index in [9.17, 15) is 5.11 Å². The first kappa shape index (κ1) is 13.9. The van der Waals surface area contributed by atoms with Gasteiger partial charge in [0.1, 0.15) is 5.82 Å². The van der Waals surface area contributed by atoms with Crippen LogP contribution in [0.5, 0.6) is 0 Å². The van der Waals surface area contributed by atoms with Gasteiger partial charge in [-0.2, -0.15) is 0 Å². The molecule has 3 nitrogen and oxygen atoms in total. The second-order valence-electron chi connectivity index (χ2n) is 4.15. The quantitative estimate of drug-likeness (QED) is 0.854. The summed E-state index contributed by atoms with van der Waals surface area (Å²) in [4.78, 5) is 4.21. The van der Waals surface area contributed by atoms with E-state index >= 15 is 0 Å². The Labute approximate surface area is 113 Å². The van der Waals surface area contributed by atoms with Gasteiger partial charge in [-0.25, -0.2) is 4.98 Å². The standard InChI is InChI=1S/C11H16Br2N2O/c1-7(2)3-9(16)6-15-11-10(13)4-8(12)5-14-11/h4-5,7,9,16H,3,6H2,1-2H3,(H,14,15). The first-order valence-corrected chi connectivity index (χ1v) is 6.80. The minimum Gasteiger partial charge on any atom is -0.391 e. The van der Waals surface area contributed by atoms with E-state index in [1.807, 2.05) is 6.07 Å². The SMILES string of the molecule is CC(C)CC(O)CNc1ncc(Br)cc1Br. The highest BCUT2D eigenvalue weighted by molar-refractivity contribution is 9.11. The Morgan fingerprint density at radius 3 is 2.69 bits per heavy atom. The molecule has 0 radical (unpaired) electrons. The number of nitrogens with zero attached hydrogens (tertiary/aromatic N) is 1. The fraction of sp³-hybridized carbons (Fsp3) is 0.545. The molecule has 1 atom stereocenters. The summed E-state index contributed by atoms with van der Waals surface area (Å²) in [6.45, 7) is 4.71. The molecule has 1 heterocycles. The predicted molar refractivity (Wildman–Crippen MR) is 73.6 cm³/mol. The van der Waals surface area contributed by atoms with Gasteiger partial charge in [0.25, 0.3) is 0 Å². The molecule has 90 valence electrons. The van der Waals surface area contributed by atoms with Crippen molar-refractivity contribution in [2.75, 3.05) is 11.9 Å². The third-order valence-corrected chi connectivity index (χ3v) is 3.09. The number of aliphatic hydroxyl groups excluding tert-OH is 1. The summed E-state index contributed by atoms with van der Waals surface area (Å²) in [6, 6.07) is 1.92. The summed E-state index contributed by atoms with van der Waals surface area (Å²) in [7, 11) is 0. The summed E-state index contributed by atoms with van der Waals surface area (Å²) in [5, 5.41) is 12.8. The maximum Gasteiger partial charge on any atom is 0.140 e. The fourth-order valence-corrected chi connectivity index (χ4v) is 2.51. The van der Waals surface area contributed by atoms with E-state index in [2.05, 4.69) is 56.0 Å². The van der Waals surface area contributed by atoms with E-state index in [4.69, 9.17) is 0 Å². The van der Waals surface area contributed by atoms with Gasteiger partial charge in [0.05, 0.1) is 10.6 Å². The molecule has 5 heteroatoms. The highest BCUT2D eigenvalue weighted by Crippen LogP contribution is 2.23. The van der Waals surface area contributed by atoms with E-state index in [0.717, 1.165) is 21.2 Å². The maximum atomic E-state index is 9.71. The lowest BCUT2D eigenvalue weighted by Crippen LogP contribution is -2.21. The van der Waals surface area contributed by atoms with Crippen molar-refractivity contribution in [1.82, 2.24) is 4.98 Å². The second kappa shape index (κ2) is 6.57. The number of halogens is 2. The van der Waals surface area contributed by atoms with Crippen LogP contribution in [0.25, 0.3) is 0 Å². The molecule has 2 N–H and O–H groups in total. The number of pyridine rings is 1. The molecule has 0 amide bonds. The third kappa shape index (κ3) is 4.80. The average Bonchev–Trinajstić information content (AvgIpc) is 2.15. The summed E-state index contributed by atoms with van der Waals surface area (Å²) in [6.07, 6.45) is 2.18. The fourth-order valence-electron chi connectivity index (χ4n) is 1.39. The van der Waals surface area contributed by atoms with Gasteiger partial charge in [0.15, 0.2) is 0 Å². The average molecular weight is 352 g/mol. The van der Waals surface area contributed by atoms with Gasteiger partial charge < -0.3 is 10.4 Å². The van der Waals surface area contributed by atoms with Gasteiger partial charge in [0.2, 0.25) is 0 Å². The Kier molecular flexibility index (Phi) is 5.72.